The first-order valence-corrected chi connectivity index (χ1v) is 9.01. The number of hydrogen-bond donors (Lipinski definition) is 2. The van der Waals surface area contributed by atoms with Gasteiger partial charge in [-0.05, 0) is 36.6 Å². The zero-order valence-corrected chi connectivity index (χ0v) is 14.8. The van der Waals surface area contributed by atoms with Crippen molar-refractivity contribution >= 4 is 17.5 Å². The predicted molar refractivity (Wildman–Crippen MR) is 99.6 cm³/mol. The Morgan fingerprint density at radius 1 is 1.04 bits per heavy atom. The molecule has 0 spiro atoms. The summed E-state index contributed by atoms with van der Waals surface area (Å²) in [6.07, 6.45) is 1.21. The first-order chi connectivity index (χ1) is 13.2. The van der Waals surface area contributed by atoms with Gasteiger partial charge in [0.15, 0.2) is 11.5 Å². The quantitative estimate of drug-likeness (QED) is 0.803. The molecule has 2 aromatic carbocycles. The summed E-state index contributed by atoms with van der Waals surface area (Å²) in [5.41, 5.74) is 7.21. The van der Waals surface area contributed by atoms with E-state index in [2.05, 4.69) is 16.9 Å². The maximum Gasteiger partial charge on any atom is 0.283 e. The number of para-hydroxylation sites is 3. The summed E-state index contributed by atoms with van der Waals surface area (Å²) in [6, 6.07) is 15.2. The molecule has 2 amide bonds. The number of amides is 2. The molecule has 2 aliphatic rings. The molecule has 0 aromatic heterocycles. The highest BCUT2D eigenvalue weighted by Crippen LogP contribution is 2.30. The highest BCUT2D eigenvalue weighted by molar-refractivity contribution is 5.87. The van der Waals surface area contributed by atoms with Gasteiger partial charge in [0.2, 0.25) is 6.10 Å². The fraction of sp³-hybridized carbons (Fsp3) is 0.300. The summed E-state index contributed by atoms with van der Waals surface area (Å²) in [7, 11) is 0. The van der Waals surface area contributed by atoms with Crippen LogP contribution in [0.5, 0.6) is 11.5 Å². The van der Waals surface area contributed by atoms with Crippen LogP contribution in [0.1, 0.15) is 12.0 Å². The average molecular weight is 367 g/mol. The molecule has 2 aromatic rings. The van der Waals surface area contributed by atoms with Gasteiger partial charge in [-0.15, -0.1) is 0 Å². The van der Waals surface area contributed by atoms with Crippen molar-refractivity contribution in [1.29, 1.82) is 0 Å². The van der Waals surface area contributed by atoms with Crippen molar-refractivity contribution in [2.75, 3.05) is 24.6 Å². The Hall–Kier alpha value is -3.22. The van der Waals surface area contributed by atoms with Crippen molar-refractivity contribution in [2.24, 2.45) is 0 Å². The molecule has 4 rings (SSSR count). The fourth-order valence-electron chi connectivity index (χ4n) is 3.35. The zero-order valence-electron chi connectivity index (χ0n) is 14.8. The van der Waals surface area contributed by atoms with Gasteiger partial charge in [0.1, 0.15) is 6.61 Å². The molecule has 0 aliphatic carbocycles. The van der Waals surface area contributed by atoms with Gasteiger partial charge in [-0.2, -0.15) is 0 Å². The number of hydrazine groups is 1. The molecule has 2 heterocycles. The van der Waals surface area contributed by atoms with Crippen LogP contribution in [-0.4, -0.2) is 37.6 Å². The number of nitrogens with one attached hydrogen (secondary N) is 2. The van der Waals surface area contributed by atoms with Gasteiger partial charge < -0.3 is 14.4 Å². The number of aryl methyl sites for hydroxylation is 1. The topological polar surface area (TPSA) is 79.9 Å². The minimum Gasteiger partial charge on any atom is -0.485 e. The Balaban J connectivity index is 1.29. The monoisotopic (exact) mass is 367 g/mol. The molecule has 2 aliphatic heterocycles. The maximum absolute atomic E-state index is 12.3. The first-order valence-electron chi connectivity index (χ1n) is 9.01. The lowest BCUT2D eigenvalue weighted by atomic mass is 10.0. The Morgan fingerprint density at radius 3 is 2.70 bits per heavy atom. The summed E-state index contributed by atoms with van der Waals surface area (Å²) in [4.78, 5) is 26.6. The van der Waals surface area contributed by atoms with Crippen LogP contribution in [-0.2, 0) is 16.0 Å². The molecule has 1 atom stereocenters. The second-order valence-corrected chi connectivity index (χ2v) is 6.56. The highest BCUT2D eigenvalue weighted by atomic mass is 16.6. The van der Waals surface area contributed by atoms with Crippen LogP contribution < -0.4 is 25.2 Å². The van der Waals surface area contributed by atoms with Crippen molar-refractivity contribution in [2.45, 2.75) is 18.9 Å². The van der Waals surface area contributed by atoms with Gasteiger partial charge in [-0.1, -0.05) is 30.3 Å². The zero-order chi connectivity index (χ0) is 18.6. The largest absolute Gasteiger partial charge is 0.485 e. The highest BCUT2D eigenvalue weighted by Gasteiger charge is 2.27. The summed E-state index contributed by atoms with van der Waals surface area (Å²) in [5, 5.41) is 0. The molecule has 7 heteroatoms. The third-order valence-electron chi connectivity index (χ3n) is 4.67. The number of benzene rings is 2. The SMILES string of the molecule is O=C(CN1CCCc2ccccc21)NNC(=O)C1COc2ccccc2O1. The van der Waals surface area contributed by atoms with Gasteiger partial charge in [0.05, 0.1) is 6.54 Å². The van der Waals surface area contributed by atoms with Gasteiger partial charge >= 0.3 is 0 Å². The Kier molecular flexibility index (Phi) is 4.82. The standard InChI is InChI=1S/C20H21N3O4/c24-19(12-23-11-5-7-14-6-1-2-8-15(14)23)21-22-20(25)18-13-26-16-9-3-4-10-17(16)27-18/h1-4,6,8-10,18H,5,7,11-13H2,(H,21,24)(H,22,25). The van der Waals surface area contributed by atoms with Crippen LogP contribution in [0.3, 0.4) is 0 Å². The van der Waals surface area contributed by atoms with E-state index < -0.39 is 12.0 Å². The second-order valence-electron chi connectivity index (χ2n) is 6.56. The number of ether oxygens (including phenoxy) is 2. The third-order valence-corrected chi connectivity index (χ3v) is 4.67. The van der Waals surface area contributed by atoms with Crippen LogP contribution in [0.2, 0.25) is 0 Å². The summed E-state index contributed by atoms with van der Waals surface area (Å²) in [5.74, 6) is 0.392. The lowest BCUT2D eigenvalue weighted by Crippen LogP contribution is -2.53. The van der Waals surface area contributed by atoms with Gasteiger partial charge in [0, 0.05) is 12.2 Å². The lowest BCUT2D eigenvalue weighted by molar-refractivity contribution is -0.134. The lowest BCUT2D eigenvalue weighted by Gasteiger charge is -2.30. The van der Waals surface area contributed by atoms with Crippen LogP contribution in [0.4, 0.5) is 5.69 Å². The smallest absolute Gasteiger partial charge is 0.283 e. The number of anilines is 1. The molecule has 0 fully saturated rings. The molecule has 0 saturated carbocycles. The van der Waals surface area contributed by atoms with E-state index in [-0.39, 0.29) is 19.1 Å². The van der Waals surface area contributed by atoms with E-state index >= 15 is 0 Å². The molecule has 0 radical (unpaired) electrons. The van der Waals surface area contributed by atoms with Crippen molar-refractivity contribution in [3.05, 3.63) is 54.1 Å². The van der Waals surface area contributed by atoms with Crippen molar-refractivity contribution < 1.29 is 19.1 Å². The van der Waals surface area contributed by atoms with Gasteiger partial charge in [-0.3, -0.25) is 20.4 Å². The van der Waals surface area contributed by atoms with E-state index in [1.165, 1.54) is 5.56 Å². The Bertz CT molecular complexity index is 855. The van der Waals surface area contributed by atoms with E-state index in [0.29, 0.717) is 11.5 Å². The van der Waals surface area contributed by atoms with E-state index in [9.17, 15) is 9.59 Å². The molecular formula is C20H21N3O4. The number of hydrogen-bond acceptors (Lipinski definition) is 5. The fourth-order valence-corrected chi connectivity index (χ4v) is 3.35. The predicted octanol–water partition coefficient (Wildman–Crippen LogP) is 1.43. The molecule has 140 valence electrons. The normalized spacial score (nSPS) is 17.6. The summed E-state index contributed by atoms with van der Waals surface area (Å²) < 4.78 is 11.1. The minimum absolute atomic E-state index is 0.0955. The number of nitrogens with zero attached hydrogens (tertiary/aromatic N) is 1. The van der Waals surface area contributed by atoms with Gasteiger partial charge in [0.25, 0.3) is 11.8 Å². The molecule has 7 nitrogen and oxygen atoms in total. The van der Waals surface area contributed by atoms with E-state index in [1.54, 1.807) is 18.2 Å². The molecule has 2 N–H and O–H groups in total. The number of carbonyl (C=O) groups is 2. The molecule has 0 bridgehead atoms. The Morgan fingerprint density at radius 2 is 1.81 bits per heavy atom. The van der Waals surface area contributed by atoms with Gasteiger partial charge in [-0.25, -0.2) is 0 Å². The van der Waals surface area contributed by atoms with E-state index in [0.717, 1.165) is 25.1 Å². The molecular weight excluding hydrogens is 346 g/mol. The van der Waals surface area contributed by atoms with Crippen LogP contribution in [0.15, 0.2) is 48.5 Å². The van der Waals surface area contributed by atoms with Crippen molar-refractivity contribution in [1.82, 2.24) is 10.9 Å². The van der Waals surface area contributed by atoms with E-state index in [4.69, 9.17) is 9.47 Å². The van der Waals surface area contributed by atoms with Crippen molar-refractivity contribution in [3.8, 4) is 11.5 Å². The third kappa shape index (κ3) is 3.81. The average Bonchev–Trinajstić information content (AvgIpc) is 2.72. The second kappa shape index (κ2) is 7.57. The van der Waals surface area contributed by atoms with Crippen LogP contribution in [0.25, 0.3) is 0 Å². The number of fused-ring (bicyclic) bond motifs is 2. The minimum atomic E-state index is -0.809. The molecule has 0 saturated heterocycles. The van der Waals surface area contributed by atoms with E-state index in [1.807, 2.05) is 29.2 Å². The summed E-state index contributed by atoms with van der Waals surface area (Å²) >= 11 is 0. The number of carbonyl (C=O) groups excluding carboxylic acids is 2. The summed E-state index contributed by atoms with van der Waals surface area (Å²) in [6.45, 7) is 1.09. The number of rotatable bonds is 3. The van der Waals surface area contributed by atoms with Crippen LogP contribution in [0, 0.1) is 0 Å². The van der Waals surface area contributed by atoms with Crippen LogP contribution >= 0.6 is 0 Å². The molecule has 1 unspecified atom stereocenters. The Labute approximate surface area is 157 Å². The van der Waals surface area contributed by atoms with Crippen molar-refractivity contribution in [3.63, 3.8) is 0 Å². The molecule has 27 heavy (non-hydrogen) atoms. The maximum atomic E-state index is 12.3. The first kappa shape index (κ1) is 17.2.